The molecule has 1 aliphatic heterocycles. The molecule has 10 heteroatoms. The zero-order chi connectivity index (χ0) is 12.7. The van der Waals surface area contributed by atoms with Crippen LogP contribution in [-0.2, 0) is 14.9 Å². The Hall–Kier alpha value is -0.330. The molecular weight excluding hydrogens is 248 g/mol. The van der Waals surface area contributed by atoms with Gasteiger partial charge in [0.1, 0.15) is 18.3 Å². The van der Waals surface area contributed by atoms with E-state index in [2.05, 4.69) is 4.74 Å². The first-order chi connectivity index (χ1) is 7.17. The van der Waals surface area contributed by atoms with Gasteiger partial charge in [-0.1, -0.05) is 0 Å². The second-order valence-electron chi connectivity index (χ2n) is 3.38. The van der Waals surface area contributed by atoms with E-state index in [0.29, 0.717) is 0 Å². The summed E-state index contributed by atoms with van der Waals surface area (Å²) in [5, 5.41) is 45.6. The van der Waals surface area contributed by atoms with E-state index in [1.807, 2.05) is 0 Å². The van der Waals surface area contributed by atoms with Crippen molar-refractivity contribution in [3.63, 3.8) is 0 Å². The summed E-state index contributed by atoms with van der Waals surface area (Å²) in [5.41, 5.74) is 0. The maximum atomic E-state index is 11.0. The summed E-state index contributed by atoms with van der Waals surface area (Å²) in [6, 6.07) is 0. The van der Waals surface area contributed by atoms with Crippen LogP contribution in [0.15, 0.2) is 0 Å². The number of rotatable bonds is 2. The van der Waals surface area contributed by atoms with Crippen molar-refractivity contribution in [3.8, 4) is 0 Å². The fourth-order valence-corrected chi connectivity index (χ4v) is 2.21. The molecule has 0 saturated carbocycles. The van der Waals surface area contributed by atoms with Crippen LogP contribution in [0.1, 0.15) is 0 Å². The van der Waals surface area contributed by atoms with Gasteiger partial charge in [-0.25, -0.2) is 0 Å². The molecule has 0 aliphatic carbocycles. The van der Waals surface area contributed by atoms with E-state index in [9.17, 15) is 18.6 Å². The topological polar surface area (TPSA) is 165 Å². The van der Waals surface area contributed by atoms with E-state index in [-0.39, 0.29) is 0 Å². The fourth-order valence-electron chi connectivity index (χ4n) is 1.39. The van der Waals surface area contributed by atoms with E-state index in [1.54, 1.807) is 0 Å². The number of hydrogen-bond donors (Lipinski definition) is 6. The highest BCUT2D eigenvalue weighted by molar-refractivity contribution is 7.87. The molecule has 1 heterocycles. The van der Waals surface area contributed by atoms with E-state index in [1.165, 1.54) is 0 Å². The molecule has 6 N–H and O–H groups in total. The van der Waals surface area contributed by atoms with Crippen LogP contribution in [0.2, 0.25) is 0 Å². The van der Waals surface area contributed by atoms with E-state index < -0.39 is 46.3 Å². The van der Waals surface area contributed by atoms with Crippen LogP contribution in [-0.4, -0.2) is 74.6 Å². The van der Waals surface area contributed by atoms with Crippen LogP contribution in [0.25, 0.3) is 0 Å². The van der Waals surface area contributed by atoms with Crippen molar-refractivity contribution in [1.82, 2.24) is 0 Å². The van der Waals surface area contributed by atoms with Crippen molar-refractivity contribution in [2.45, 2.75) is 29.5 Å². The number of aliphatic hydroxyl groups excluding tert-OH is 5. The number of ether oxygens (including phenoxy) is 1. The monoisotopic (exact) mass is 260 g/mol. The highest BCUT2D eigenvalue weighted by Crippen LogP contribution is 2.32. The second-order valence-corrected chi connectivity index (χ2v) is 5.02. The first-order valence-electron chi connectivity index (χ1n) is 4.15. The van der Waals surface area contributed by atoms with Gasteiger partial charge in [-0.3, -0.25) is 4.55 Å². The summed E-state index contributed by atoms with van der Waals surface area (Å²) < 4.78 is 35.0. The van der Waals surface area contributed by atoms with Gasteiger partial charge in [0.25, 0.3) is 0 Å². The Morgan fingerprint density at radius 1 is 1.12 bits per heavy atom. The maximum absolute atomic E-state index is 11.0. The molecule has 5 atom stereocenters. The normalized spacial score (nSPS) is 45.6. The average molecular weight is 260 g/mol. The van der Waals surface area contributed by atoms with E-state index >= 15 is 0 Å². The lowest BCUT2D eigenvalue weighted by molar-refractivity contribution is -0.302. The third kappa shape index (κ3) is 1.83. The van der Waals surface area contributed by atoms with Crippen molar-refractivity contribution in [3.05, 3.63) is 0 Å². The molecule has 0 aromatic carbocycles. The lowest BCUT2D eigenvalue weighted by Gasteiger charge is -2.43. The van der Waals surface area contributed by atoms with Crippen LogP contribution in [0, 0.1) is 0 Å². The highest BCUT2D eigenvalue weighted by Gasteiger charge is 2.60. The zero-order valence-electron chi connectivity index (χ0n) is 7.83. The zero-order valence-corrected chi connectivity index (χ0v) is 8.65. The van der Waals surface area contributed by atoms with Gasteiger partial charge in [0, 0.05) is 0 Å². The predicted molar refractivity (Wildman–Crippen MR) is 46.5 cm³/mol. The van der Waals surface area contributed by atoms with E-state index in [4.69, 9.17) is 19.9 Å². The van der Waals surface area contributed by atoms with Gasteiger partial charge < -0.3 is 30.3 Å². The molecule has 1 saturated heterocycles. The van der Waals surface area contributed by atoms with Crippen molar-refractivity contribution < 1.29 is 43.2 Å². The predicted octanol–water partition coefficient (Wildman–Crippen LogP) is -4.01. The summed E-state index contributed by atoms with van der Waals surface area (Å²) in [6.07, 6.45) is -8.55. The quantitative estimate of drug-likeness (QED) is 0.271. The molecule has 1 unspecified atom stereocenters. The van der Waals surface area contributed by atoms with Gasteiger partial charge in [0.2, 0.25) is 4.93 Å². The molecular formula is C6H12O9S. The van der Waals surface area contributed by atoms with Gasteiger partial charge in [-0.2, -0.15) is 8.42 Å². The molecule has 0 amide bonds. The summed E-state index contributed by atoms with van der Waals surface area (Å²) in [6.45, 7) is -1.41. The number of hydrogen-bond acceptors (Lipinski definition) is 8. The maximum Gasteiger partial charge on any atom is 0.300 e. The Labute approximate surface area is 90.3 Å². The van der Waals surface area contributed by atoms with Crippen LogP contribution in [0.5, 0.6) is 0 Å². The average Bonchev–Trinajstić information content (AvgIpc) is 2.18. The summed E-state index contributed by atoms with van der Waals surface area (Å²) in [5.74, 6) is 0. The van der Waals surface area contributed by atoms with Gasteiger partial charge in [-0.15, -0.1) is 0 Å². The summed E-state index contributed by atoms with van der Waals surface area (Å²) >= 11 is 0. The molecule has 96 valence electrons. The first kappa shape index (κ1) is 13.7. The largest absolute Gasteiger partial charge is 0.392 e. The molecule has 0 aromatic rings. The van der Waals surface area contributed by atoms with Crippen molar-refractivity contribution in [1.29, 1.82) is 0 Å². The van der Waals surface area contributed by atoms with Gasteiger partial charge in [0.05, 0.1) is 6.61 Å². The van der Waals surface area contributed by atoms with Crippen molar-refractivity contribution in [2.75, 3.05) is 6.61 Å². The molecule has 0 radical (unpaired) electrons. The van der Waals surface area contributed by atoms with Crippen LogP contribution in [0.4, 0.5) is 0 Å². The minimum absolute atomic E-state index is 1.41. The number of aliphatic hydroxyl groups is 5. The lowest BCUT2D eigenvalue weighted by atomic mass is 9.99. The molecule has 0 bridgehead atoms. The van der Waals surface area contributed by atoms with Crippen LogP contribution >= 0.6 is 0 Å². The highest BCUT2D eigenvalue weighted by atomic mass is 32.2. The molecule has 16 heavy (non-hydrogen) atoms. The van der Waals surface area contributed by atoms with Gasteiger partial charge in [-0.05, 0) is 0 Å². The van der Waals surface area contributed by atoms with E-state index in [0.717, 1.165) is 0 Å². The third-order valence-electron chi connectivity index (χ3n) is 2.39. The van der Waals surface area contributed by atoms with Crippen LogP contribution in [0.3, 0.4) is 0 Å². The minimum atomic E-state index is -5.13. The summed E-state index contributed by atoms with van der Waals surface area (Å²) in [4.78, 5) is -2.98. The SMILES string of the molecule is O=S(=O)(O)[C@]1(CO)OC(O)[C@H](O)[C@@H](O)[C@H]1O. The lowest BCUT2D eigenvalue weighted by Crippen LogP contribution is -2.68. The first-order valence-corrected chi connectivity index (χ1v) is 5.59. The molecule has 0 spiro atoms. The Kier molecular flexibility index (Phi) is 3.57. The molecule has 9 nitrogen and oxygen atoms in total. The van der Waals surface area contributed by atoms with Crippen molar-refractivity contribution >= 4 is 10.1 Å². The Balaban J connectivity index is 3.22. The minimum Gasteiger partial charge on any atom is -0.392 e. The molecule has 0 aromatic heterocycles. The van der Waals surface area contributed by atoms with Gasteiger partial charge >= 0.3 is 10.1 Å². The Bertz CT molecular complexity index is 353. The Morgan fingerprint density at radius 2 is 1.62 bits per heavy atom. The van der Waals surface area contributed by atoms with Gasteiger partial charge in [0.15, 0.2) is 6.29 Å². The molecule has 1 aliphatic rings. The third-order valence-corrected chi connectivity index (χ3v) is 3.73. The second kappa shape index (κ2) is 4.16. The molecule has 1 fully saturated rings. The van der Waals surface area contributed by atoms with Crippen LogP contribution < -0.4 is 0 Å². The van der Waals surface area contributed by atoms with Crippen molar-refractivity contribution in [2.24, 2.45) is 0 Å². The molecule has 1 rings (SSSR count). The standard InChI is InChI=1S/C6H12O9S/c7-1-6(16(12,13)14)4(10)2(8)3(9)5(11)15-6/h2-5,7-11H,1H2,(H,12,13,14)/t2-,3-,4-,5?,6+/m1/s1. The smallest absolute Gasteiger partial charge is 0.300 e. The fraction of sp³-hybridized carbons (Fsp3) is 1.00. The summed E-state index contributed by atoms with van der Waals surface area (Å²) in [7, 11) is -5.13. The Morgan fingerprint density at radius 3 is 2.00 bits per heavy atom.